The van der Waals surface area contributed by atoms with Crippen molar-refractivity contribution in [3.05, 3.63) is 119 Å². The highest BCUT2D eigenvalue weighted by Crippen LogP contribution is 2.55. The van der Waals surface area contributed by atoms with Gasteiger partial charge in [-0.25, -0.2) is 0 Å². The Labute approximate surface area is 312 Å². The number of hydrogen-bond acceptors (Lipinski definition) is 8. The summed E-state index contributed by atoms with van der Waals surface area (Å²) in [6.45, 7) is 7.58. The maximum Gasteiger partial charge on any atom is 0.239 e. The van der Waals surface area contributed by atoms with Crippen molar-refractivity contribution in [2.75, 3.05) is 28.4 Å². The lowest BCUT2D eigenvalue weighted by Crippen LogP contribution is -2.67. The number of carbonyl (C=O) groups is 2. The lowest BCUT2D eigenvalue weighted by atomic mass is 9.69. The fourth-order valence-electron chi connectivity index (χ4n) is 8.14. The van der Waals surface area contributed by atoms with Crippen molar-refractivity contribution >= 4 is 11.8 Å². The number of carbonyl (C=O) groups excluding carboxylic acids is 2. The second-order valence-electron chi connectivity index (χ2n) is 14.4. The maximum atomic E-state index is 15.7. The van der Waals surface area contributed by atoms with E-state index in [0.717, 1.165) is 0 Å². The number of hydrogen-bond donors (Lipinski definition) is 3. The van der Waals surface area contributed by atoms with Crippen molar-refractivity contribution < 1.29 is 38.7 Å². The molecule has 282 valence electrons. The van der Waals surface area contributed by atoms with Crippen LogP contribution in [0.4, 0.5) is 0 Å². The van der Waals surface area contributed by atoms with Crippen LogP contribution in [0.3, 0.4) is 0 Å². The van der Waals surface area contributed by atoms with Gasteiger partial charge in [-0.2, -0.15) is 0 Å². The van der Waals surface area contributed by atoms with Crippen LogP contribution in [0.15, 0.2) is 97.1 Å². The normalized spacial score (nSPS) is 15.0. The lowest BCUT2D eigenvalue weighted by Gasteiger charge is -2.54. The summed E-state index contributed by atoms with van der Waals surface area (Å²) in [5, 5.41) is 27.8. The first kappa shape index (κ1) is 39.2. The number of primary amides is 1. The highest BCUT2D eigenvalue weighted by atomic mass is 16.5. The molecule has 4 N–H and O–H groups in total. The zero-order valence-corrected chi connectivity index (χ0v) is 31.8. The number of amides is 2. The highest BCUT2D eigenvalue weighted by Gasteiger charge is 2.64. The quantitative estimate of drug-likeness (QED) is 0.119. The van der Waals surface area contributed by atoms with Crippen molar-refractivity contribution in [1.82, 2.24) is 4.90 Å². The van der Waals surface area contributed by atoms with Crippen LogP contribution >= 0.6 is 0 Å². The molecule has 0 spiro atoms. The van der Waals surface area contributed by atoms with Crippen LogP contribution in [0.5, 0.6) is 23.0 Å². The van der Waals surface area contributed by atoms with Crippen LogP contribution < -0.4 is 24.7 Å². The van der Waals surface area contributed by atoms with E-state index in [-0.39, 0.29) is 12.8 Å². The van der Waals surface area contributed by atoms with E-state index >= 15 is 4.79 Å². The topological polar surface area (TPSA) is 141 Å². The van der Waals surface area contributed by atoms with Gasteiger partial charge in [0.2, 0.25) is 11.8 Å². The summed E-state index contributed by atoms with van der Waals surface area (Å²) >= 11 is 0. The Balaban J connectivity index is 1.99. The fraction of sp³-hybridized carbons (Fsp3) is 0.395. The Morgan fingerprint density at radius 2 is 0.849 bits per heavy atom. The third-order valence-electron chi connectivity index (χ3n) is 10.7. The van der Waals surface area contributed by atoms with E-state index in [1.165, 1.54) is 33.3 Å². The summed E-state index contributed by atoms with van der Waals surface area (Å²) in [6.07, 6.45) is 0.438. The molecule has 0 aromatic heterocycles. The first-order chi connectivity index (χ1) is 25.3. The number of nitrogens with zero attached hydrogens (tertiary/aromatic N) is 1. The molecular weight excluding hydrogens is 672 g/mol. The van der Waals surface area contributed by atoms with Gasteiger partial charge in [0.05, 0.1) is 40.5 Å². The zero-order chi connectivity index (χ0) is 38.7. The lowest BCUT2D eigenvalue weighted by molar-refractivity contribution is -0.168. The largest absolute Gasteiger partial charge is 0.496 e. The summed E-state index contributed by atoms with van der Waals surface area (Å²) in [5.74, 6) is -0.975. The Morgan fingerprint density at radius 1 is 0.585 bits per heavy atom. The Hall–Kier alpha value is -5.06. The summed E-state index contributed by atoms with van der Waals surface area (Å²) < 4.78 is 23.6. The fourth-order valence-corrected chi connectivity index (χ4v) is 8.14. The van der Waals surface area contributed by atoms with Gasteiger partial charge < -0.3 is 39.8 Å². The van der Waals surface area contributed by atoms with Crippen LogP contribution in [-0.2, 0) is 20.8 Å². The van der Waals surface area contributed by atoms with Crippen LogP contribution in [0, 0.1) is 17.3 Å². The van der Waals surface area contributed by atoms with E-state index in [4.69, 9.17) is 24.7 Å². The second-order valence-corrected chi connectivity index (χ2v) is 14.4. The average molecular weight is 725 g/mol. The SMILES string of the molecule is COc1ccccc1C(O)(c1ccccc1OC)[C@@H](C(C)C)N(C(=O)C1(C(N)=O)CC1)[C@H](C(C)C)C(O)(c1ccccc1OC)c1ccccc1OC. The third kappa shape index (κ3) is 6.59. The predicted molar refractivity (Wildman–Crippen MR) is 203 cm³/mol. The van der Waals surface area contributed by atoms with Gasteiger partial charge in [0.15, 0.2) is 0 Å². The molecule has 10 heteroatoms. The third-order valence-corrected chi connectivity index (χ3v) is 10.7. The molecule has 4 aromatic rings. The molecule has 2 amide bonds. The van der Waals surface area contributed by atoms with Gasteiger partial charge in [0.1, 0.15) is 39.6 Å². The number of nitrogens with two attached hydrogens (primary N) is 1. The molecule has 2 atom stereocenters. The van der Waals surface area contributed by atoms with Crippen molar-refractivity contribution in [3.8, 4) is 23.0 Å². The summed E-state index contributed by atoms with van der Waals surface area (Å²) in [4.78, 5) is 30.6. The molecular formula is C43H52N2O8. The number of benzene rings is 4. The number of ether oxygens (including phenoxy) is 4. The van der Waals surface area contributed by atoms with Gasteiger partial charge in [-0.1, -0.05) is 100 Å². The number of rotatable bonds is 16. The molecule has 0 heterocycles. The summed E-state index contributed by atoms with van der Waals surface area (Å²) in [5.41, 5.74) is 1.81. The molecule has 1 saturated carbocycles. The van der Waals surface area contributed by atoms with Crippen LogP contribution in [0.1, 0.15) is 62.8 Å². The molecule has 5 rings (SSSR count). The highest BCUT2D eigenvalue weighted by molar-refractivity contribution is 6.07. The molecule has 0 aliphatic heterocycles. The van der Waals surface area contributed by atoms with E-state index in [1.807, 2.05) is 27.7 Å². The molecule has 4 aromatic carbocycles. The minimum atomic E-state index is -2.06. The minimum absolute atomic E-state index is 0.219. The summed E-state index contributed by atoms with van der Waals surface area (Å²) in [6, 6.07) is 25.9. The van der Waals surface area contributed by atoms with Gasteiger partial charge in [-0.15, -0.1) is 0 Å². The molecule has 1 aliphatic rings. The van der Waals surface area contributed by atoms with Gasteiger partial charge in [-0.05, 0) is 48.9 Å². The van der Waals surface area contributed by atoms with Gasteiger partial charge in [0.25, 0.3) is 0 Å². The molecule has 0 radical (unpaired) electrons. The molecule has 0 unspecified atom stereocenters. The maximum absolute atomic E-state index is 15.7. The minimum Gasteiger partial charge on any atom is -0.496 e. The number of para-hydroxylation sites is 4. The monoisotopic (exact) mass is 724 g/mol. The van der Waals surface area contributed by atoms with E-state index < -0.39 is 52.4 Å². The van der Waals surface area contributed by atoms with E-state index in [2.05, 4.69) is 0 Å². The van der Waals surface area contributed by atoms with E-state index in [1.54, 1.807) is 97.1 Å². The first-order valence-corrected chi connectivity index (χ1v) is 17.9. The number of aliphatic hydroxyl groups is 2. The van der Waals surface area contributed by atoms with Crippen molar-refractivity contribution in [2.24, 2.45) is 23.0 Å². The second kappa shape index (κ2) is 15.5. The first-order valence-electron chi connectivity index (χ1n) is 17.9. The van der Waals surface area contributed by atoms with Gasteiger partial charge >= 0.3 is 0 Å². The zero-order valence-electron chi connectivity index (χ0n) is 31.8. The van der Waals surface area contributed by atoms with E-state index in [9.17, 15) is 15.0 Å². The molecule has 1 fully saturated rings. The summed E-state index contributed by atoms with van der Waals surface area (Å²) in [7, 11) is 6.06. The van der Waals surface area contributed by atoms with Crippen LogP contribution in [-0.4, -0.2) is 67.5 Å². The van der Waals surface area contributed by atoms with Crippen molar-refractivity contribution in [1.29, 1.82) is 0 Å². The van der Waals surface area contributed by atoms with Crippen LogP contribution in [0.25, 0.3) is 0 Å². The molecule has 1 aliphatic carbocycles. The van der Waals surface area contributed by atoms with Crippen LogP contribution in [0.2, 0.25) is 0 Å². The Kier molecular flexibility index (Phi) is 11.5. The molecule has 0 bridgehead atoms. The predicted octanol–water partition coefficient (Wildman–Crippen LogP) is 6.04. The van der Waals surface area contributed by atoms with Crippen molar-refractivity contribution in [2.45, 2.75) is 63.8 Å². The van der Waals surface area contributed by atoms with Gasteiger partial charge in [0, 0.05) is 22.3 Å². The number of methoxy groups -OCH3 is 4. The molecule has 0 saturated heterocycles. The van der Waals surface area contributed by atoms with Crippen molar-refractivity contribution in [3.63, 3.8) is 0 Å². The van der Waals surface area contributed by atoms with Gasteiger partial charge in [-0.3, -0.25) is 9.59 Å². The Morgan fingerprint density at radius 3 is 1.06 bits per heavy atom. The van der Waals surface area contributed by atoms with E-state index in [0.29, 0.717) is 45.3 Å². The average Bonchev–Trinajstić information content (AvgIpc) is 3.99. The molecule has 53 heavy (non-hydrogen) atoms. The standard InChI is InChI=1S/C43H52N2O8/c1-27(2)37(42(48,29-17-9-13-21-33(29)50-5)30-18-10-14-22-34(30)51-6)45(40(47)41(25-26-41)39(44)46)38(28(3)4)43(49,31-19-11-15-23-35(31)52-7)32-20-12-16-24-36(32)53-8/h9-24,27-28,37-38,48-49H,25-26H2,1-8H3,(H2,44,46)/t37-,38-/m1/s1. The molecule has 10 nitrogen and oxygen atoms in total. The Bertz CT molecular complexity index is 1710. The smallest absolute Gasteiger partial charge is 0.239 e.